The molecule has 1 N–H and O–H groups in total. The quantitative estimate of drug-likeness (QED) is 0.502. The summed E-state index contributed by atoms with van der Waals surface area (Å²) in [4.78, 5) is 22.1. The molecule has 1 unspecified atom stereocenters. The number of hydrogen-bond acceptors (Lipinski definition) is 3. The topological polar surface area (TPSA) is 72.2 Å². The van der Waals surface area contributed by atoms with Crippen LogP contribution in [-0.2, 0) is 0 Å². The maximum absolute atomic E-state index is 12.0. The number of nitro groups is 1. The molecule has 1 aromatic rings. The van der Waals surface area contributed by atoms with Crippen LogP contribution < -0.4 is 5.32 Å². The van der Waals surface area contributed by atoms with Crippen molar-refractivity contribution in [2.24, 2.45) is 5.41 Å². The first-order chi connectivity index (χ1) is 9.58. The van der Waals surface area contributed by atoms with Crippen LogP contribution in [0.15, 0.2) is 18.2 Å². The fourth-order valence-electron chi connectivity index (χ4n) is 1.85. The predicted molar refractivity (Wildman–Crippen MR) is 84.2 cm³/mol. The number of carbonyl (C=O) groups excluding carboxylic acids is 1. The molecular formula is C14H18Cl2N2O3. The van der Waals surface area contributed by atoms with Gasteiger partial charge in [0, 0.05) is 29.3 Å². The van der Waals surface area contributed by atoms with Gasteiger partial charge in [0.05, 0.1) is 10.3 Å². The summed E-state index contributed by atoms with van der Waals surface area (Å²) >= 11 is 11.9. The van der Waals surface area contributed by atoms with Crippen LogP contribution in [0.5, 0.6) is 0 Å². The third-order valence-electron chi connectivity index (χ3n) is 2.67. The summed E-state index contributed by atoms with van der Waals surface area (Å²) in [5.41, 5.74) is -0.00926. The van der Waals surface area contributed by atoms with Gasteiger partial charge in [-0.3, -0.25) is 14.9 Å². The SMILES string of the molecule is CC(C)(C)CC(Cl)CNC(=O)c1cc(Cl)cc([N+](=O)[O-])c1. The molecule has 0 saturated carbocycles. The van der Waals surface area contributed by atoms with Crippen molar-refractivity contribution in [2.75, 3.05) is 6.54 Å². The van der Waals surface area contributed by atoms with Crippen LogP contribution in [0.4, 0.5) is 5.69 Å². The monoisotopic (exact) mass is 332 g/mol. The minimum absolute atomic E-state index is 0.0615. The Kier molecular flexibility index (Phi) is 5.98. The second-order valence-electron chi connectivity index (χ2n) is 6.03. The summed E-state index contributed by atoms with van der Waals surface area (Å²) in [6, 6.07) is 3.77. The van der Waals surface area contributed by atoms with Crippen LogP contribution in [0, 0.1) is 15.5 Å². The van der Waals surface area contributed by atoms with E-state index < -0.39 is 10.8 Å². The Bertz CT molecular complexity index is 542. The molecular weight excluding hydrogens is 315 g/mol. The van der Waals surface area contributed by atoms with Crippen molar-refractivity contribution in [1.82, 2.24) is 5.32 Å². The Morgan fingerprint density at radius 2 is 2.00 bits per heavy atom. The number of rotatable bonds is 5. The molecule has 0 heterocycles. The molecule has 1 rings (SSSR count). The average molecular weight is 333 g/mol. The highest BCUT2D eigenvalue weighted by Crippen LogP contribution is 2.24. The van der Waals surface area contributed by atoms with Gasteiger partial charge in [0.1, 0.15) is 0 Å². The number of non-ortho nitro benzene ring substituents is 1. The maximum atomic E-state index is 12.0. The molecule has 0 saturated heterocycles. The number of halogens is 2. The zero-order chi connectivity index (χ0) is 16.2. The Balaban J connectivity index is 2.70. The molecule has 7 heteroatoms. The molecule has 0 radical (unpaired) electrons. The van der Waals surface area contributed by atoms with Gasteiger partial charge in [-0.05, 0) is 17.9 Å². The van der Waals surface area contributed by atoms with Crippen molar-refractivity contribution in [3.05, 3.63) is 38.9 Å². The zero-order valence-electron chi connectivity index (χ0n) is 12.2. The zero-order valence-corrected chi connectivity index (χ0v) is 13.7. The second kappa shape index (κ2) is 7.09. The van der Waals surface area contributed by atoms with E-state index in [2.05, 4.69) is 26.1 Å². The van der Waals surface area contributed by atoms with Crippen molar-refractivity contribution in [3.8, 4) is 0 Å². The fourth-order valence-corrected chi connectivity index (χ4v) is 2.62. The summed E-state index contributed by atoms with van der Waals surface area (Å²) in [7, 11) is 0. The lowest BCUT2D eigenvalue weighted by Gasteiger charge is -2.22. The summed E-state index contributed by atoms with van der Waals surface area (Å²) in [5, 5.41) is 13.3. The van der Waals surface area contributed by atoms with Crippen molar-refractivity contribution in [2.45, 2.75) is 32.6 Å². The molecule has 0 aliphatic heterocycles. The number of nitrogens with zero attached hydrogens (tertiary/aromatic N) is 1. The molecule has 0 aliphatic carbocycles. The Hall–Kier alpha value is -1.33. The summed E-state index contributed by atoms with van der Waals surface area (Å²) in [6.45, 7) is 6.47. The first-order valence-corrected chi connectivity index (χ1v) is 7.27. The van der Waals surface area contributed by atoms with E-state index in [-0.39, 0.29) is 33.6 Å². The normalized spacial score (nSPS) is 12.8. The second-order valence-corrected chi connectivity index (χ2v) is 7.08. The Morgan fingerprint density at radius 1 is 1.38 bits per heavy atom. The lowest BCUT2D eigenvalue weighted by molar-refractivity contribution is -0.384. The standard InChI is InChI=1S/C14H18Cl2N2O3/c1-14(2,3)7-11(16)8-17-13(19)9-4-10(15)6-12(5-9)18(20)21/h4-6,11H,7-8H2,1-3H3,(H,17,19). The fraction of sp³-hybridized carbons (Fsp3) is 0.500. The van der Waals surface area contributed by atoms with E-state index in [1.165, 1.54) is 18.2 Å². The smallest absolute Gasteiger partial charge is 0.271 e. The van der Waals surface area contributed by atoms with Crippen LogP contribution in [0.2, 0.25) is 5.02 Å². The molecule has 1 amide bonds. The van der Waals surface area contributed by atoms with Gasteiger partial charge in [0.15, 0.2) is 0 Å². The largest absolute Gasteiger partial charge is 0.351 e. The van der Waals surface area contributed by atoms with E-state index in [0.29, 0.717) is 0 Å². The van der Waals surface area contributed by atoms with Crippen LogP contribution >= 0.6 is 23.2 Å². The molecule has 0 aromatic heterocycles. The van der Waals surface area contributed by atoms with E-state index in [0.717, 1.165) is 6.42 Å². The third-order valence-corrected chi connectivity index (χ3v) is 3.20. The Labute approximate surface area is 133 Å². The van der Waals surface area contributed by atoms with E-state index in [1.54, 1.807) is 0 Å². The van der Waals surface area contributed by atoms with Gasteiger partial charge in [-0.15, -0.1) is 11.6 Å². The number of benzene rings is 1. The summed E-state index contributed by atoms with van der Waals surface area (Å²) in [6.07, 6.45) is 0.741. The molecule has 0 aliphatic rings. The predicted octanol–water partition coefficient (Wildman–Crippen LogP) is 4.02. The molecule has 116 valence electrons. The van der Waals surface area contributed by atoms with Gasteiger partial charge in [-0.2, -0.15) is 0 Å². The minimum Gasteiger partial charge on any atom is -0.351 e. The average Bonchev–Trinajstić information content (AvgIpc) is 2.33. The van der Waals surface area contributed by atoms with E-state index >= 15 is 0 Å². The van der Waals surface area contributed by atoms with Gasteiger partial charge in [0.2, 0.25) is 0 Å². The van der Waals surface area contributed by atoms with E-state index in [4.69, 9.17) is 23.2 Å². The highest BCUT2D eigenvalue weighted by atomic mass is 35.5. The lowest BCUT2D eigenvalue weighted by atomic mass is 9.90. The number of alkyl halides is 1. The van der Waals surface area contributed by atoms with E-state index in [1.807, 2.05) is 0 Å². The number of nitrogens with one attached hydrogen (secondary N) is 1. The number of nitro benzene ring substituents is 1. The minimum atomic E-state index is -0.591. The van der Waals surface area contributed by atoms with Gasteiger partial charge in [-0.1, -0.05) is 32.4 Å². The first-order valence-electron chi connectivity index (χ1n) is 6.46. The number of carbonyl (C=O) groups is 1. The maximum Gasteiger partial charge on any atom is 0.271 e. The van der Waals surface area contributed by atoms with Crippen molar-refractivity contribution < 1.29 is 9.72 Å². The van der Waals surface area contributed by atoms with Gasteiger partial charge < -0.3 is 5.32 Å². The molecule has 5 nitrogen and oxygen atoms in total. The highest BCUT2D eigenvalue weighted by molar-refractivity contribution is 6.31. The number of hydrogen-bond donors (Lipinski definition) is 1. The van der Waals surface area contributed by atoms with Crippen molar-refractivity contribution >= 4 is 34.8 Å². The summed E-state index contributed by atoms with van der Waals surface area (Å²) in [5.74, 6) is -0.430. The van der Waals surface area contributed by atoms with Crippen LogP contribution in [-0.4, -0.2) is 22.8 Å². The van der Waals surface area contributed by atoms with E-state index in [9.17, 15) is 14.9 Å². The first kappa shape index (κ1) is 17.7. The van der Waals surface area contributed by atoms with Gasteiger partial charge >= 0.3 is 0 Å². The van der Waals surface area contributed by atoms with Crippen LogP contribution in [0.1, 0.15) is 37.6 Å². The molecule has 0 fully saturated rings. The third kappa shape index (κ3) is 6.31. The van der Waals surface area contributed by atoms with Crippen LogP contribution in [0.3, 0.4) is 0 Å². The lowest BCUT2D eigenvalue weighted by Crippen LogP contribution is -2.31. The Morgan fingerprint density at radius 3 is 2.52 bits per heavy atom. The van der Waals surface area contributed by atoms with Gasteiger partial charge in [-0.25, -0.2) is 0 Å². The van der Waals surface area contributed by atoms with Gasteiger partial charge in [0.25, 0.3) is 11.6 Å². The summed E-state index contributed by atoms with van der Waals surface area (Å²) < 4.78 is 0. The van der Waals surface area contributed by atoms with Crippen LogP contribution in [0.25, 0.3) is 0 Å². The number of amides is 1. The molecule has 1 atom stereocenters. The highest BCUT2D eigenvalue weighted by Gasteiger charge is 2.19. The molecule has 1 aromatic carbocycles. The molecule has 21 heavy (non-hydrogen) atoms. The molecule has 0 bridgehead atoms. The van der Waals surface area contributed by atoms with Crippen molar-refractivity contribution in [1.29, 1.82) is 0 Å². The van der Waals surface area contributed by atoms with Crippen molar-refractivity contribution in [3.63, 3.8) is 0 Å². The molecule has 0 spiro atoms.